The summed E-state index contributed by atoms with van der Waals surface area (Å²) >= 11 is 0. The van der Waals surface area contributed by atoms with E-state index in [9.17, 15) is 5.11 Å². The fraction of sp³-hybridized carbons (Fsp3) is 0.611. The van der Waals surface area contributed by atoms with Crippen LogP contribution in [0, 0.1) is 0 Å². The zero-order valence-corrected chi connectivity index (χ0v) is 15.0. The molecule has 2 aromatic heterocycles. The third kappa shape index (κ3) is 3.99. The number of nitrogens with one attached hydrogen (secondary N) is 1. The molecular weight excluding hydrogens is 320 g/mol. The molecule has 7 heteroatoms. The number of fused-ring (bicyclic) bond motifs is 1. The van der Waals surface area contributed by atoms with E-state index in [0.717, 1.165) is 42.1 Å². The number of aromatic nitrogens is 3. The van der Waals surface area contributed by atoms with E-state index in [-0.39, 0.29) is 12.1 Å². The van der Waals surface area contributed by atoms with E-state index in [1.807, 2.05) is 13.1 Å². The van der Waals surface area contributed by atoms with Crippen molar-refractivity contribution < 1.29 is 14.6 Å². The Hall–Kier alpha value is -1.99. The van der Waals surface area contributed by atoms with Crippen LogP contribution in [-0.2, 0) is 4.74 Å². The zero-order valence-electron chi connectivity index (χ0n) is 15.0. The van der Waals surface area contributed by atoms with Crippen molar-refractivity contribution in [3.8, 4) is 5.88 Å². The van der Waals surface area contributed by atoms with Crippen molar-refractivity contribution in [2.24, 2.45) is 0 Å². The molecule has 3 rings (SSSR count). The summed E-state index contributed by atoms with van der Waals surface area (Å²) in [5.41, 5.74) is 1.97. The Balaban J connectivity index is 1.97. The van der Waals surface area contributed by atoms with Crippen LogP contribution in [0.25, 0.3) is 10.9 Å². The van der Waals surface area contributed by atoms with Gasteiger partial charge in [0.15, 0.2) is 0 Å². The predicted molar refractivity (Wildman–Crippen MR) is 96.1 cm³/mol. The molecule has 2 aromatic rings. The summed E-state index contributed by atoms with van der Waals surface area (Å²) in [4.78, 5) is 13.6. The maximum atomic E-state index is 9.78. The smallest absolute Gasteiger partial charge is 0.224 e. The van der Waals surface area contributed by atoms with Gasteiger partial charge in [0.1, 0.15) is 0 Å². The van der Waals surface area contributed by atoms with Gasteiger partial charge in [0.25, 0.3) is 0 Å². The summed E-state index contributed by atoms with van der Waals surface area (Å²) in [5, 5.41) is 13.9. The lowest BCUT2D eigenvalue weighted by Gasteiger charge is -2.26. The Morgan fingerprint density at radius 2 is 1.96 bits per heavy atom. The predicted octanol–water partition coefficient (Wildman–Crippen LogP) is 2.50. The first kappa shape index (κ1) is 17.8. The van der Waals surface area contributed by atoms with Crippen molar-refractivity contribution in [1.82, 2.24) is 15.0 Å². The fourth-order valence-corrected chi connectivity index (χ4v) is 3.45. The van der Waals surface area contributed by atoms with Gasteiger partial charge in [-0.15, -0.1) is 0 Å². The van der Waals surface area contributed by atoms with Crippen molar-refractivity contribution in [2.75, 3.05) is 26.1 Å². The second-order valence-corrected chi connectivity index (χ2v) is 6.68. The lowest BCUT2D eigenvalue weighted by Crippen LogP contribution is -2.22. The minimum atomic E-state index is -0.185. The van der Waals surface area contributed by atoms with Crippen molar-refractivity contribution >= 4 is 16.9 Å². The molecule has 7 nitrogen and oxygen atoms in total. The summed E-state index contributed by atoms with van der Waals surface area (Å²) in [6, 6.07) is 0.111. The van der Waals surface area contributed by atoms with Crippen LogP contribution < -0.4 is 10.1 Å². The second kappa shape index (κ2) is 7.93. The first-order valence-electron chi connectivity index (χ1n) is 8.75. The summed E-state index contributed by atoms with van der Waals surface area (Å²) in [6.07, 6.45) is 6.96. The highest BCUT2D eigenvalue weighted by atomic mass is 16.5. The first-order chi connectivity index (χ1) is 12.1. The van der Waals surface area contributed by atoms with Crippen molar-refractivity contribution in [1.29, 1.82) is 0 Å². The number of methoxy groups -OCH3 is 2. The van der Waals surface area contributed by atoms with Crippen molar-refractivity contribution in [3.63, 3.8) is 0 Å². The molecule has 1 saturated carbocycles. The van der Waals surface area contributed by atoms with Crippen LogP contribution in [0.15, 0.2) is 12.4 Å². The number of ether oxygens (including phenoxy) is 2. The number of rotatable bonds is 6. The van der Waals surface area contributed by atoms with Crippen LogP contribution in [0.2, 0.25) is 0 Å². The van der Waals surface area contributed by atoms with E-state index in [2.05, 4.69) is 15.3 Å². The molecule has 2 heterocycles. The summed E-state index contributed by atoms with van der Waals surface area (Å²) in [6.45, 7) is 2.60. The Bertz CT molecular complexity index is 717. The van der Waals surface area contributed by atoms with Gasteiger partial charge in [-0.3, -0.25) is 0 Å². The molecule has 2 N–H and O–H groups in total. The van der Waals surface area contributed by atoms with Gasteiger partial charge in [-0.05, 0) is 38.5 Å². The van der Waals surface area contributed by atoms with Crippen molar-refractivity contribution in [2.45, 2.75) is 50.7 Å². The monoisotopic (exact) mass is 346 g/mol. The van der Waals surface area contributed by atoms with Gasteiger partial charge >= 0.3 is 0 Å². The molecule has 1 atom stereocenters. The van der Waals surface area contributed by atoms with E-state index in [0.29, 0.717) is 24.4 Å². The lowest BCUT2D eigenvalue weighted by molar-refractivity contribution is 0.122. The van der Waals surface area contributed by atoms with Gasteiger partial charge in [0.05, 0.1) is 30.7 Å². The quantitative estimate of drug-likeness (QED) is 0.830. The molecule has 0 saturated heterocycles. The molecule has 0 unspecified atom stereocenters. The van der Waals surface area contributed by atoms with E-state index in [1.54, 1.807) is 20.4 Å². The molecule has 1 fully saturated rings. The molecule has 0 spiro atoms. The fourth-order valence-electron chi connectivity index (χ4n) is 3.45. The molecule has 0 amide bonds. The number of aliphatic hydroxyl groups excluding tert-OH is 1. The van der Waals surface area contributed by atoms with Gasteiger partial charge in [-0.1, -0.05) is 0 Å². The maximum Gasteiger partial charge on any atom is 0.224 e. The van der Waals surface area contributed by atoms with E-state index < -0.39 is 0 Å². The highest BCUT2D eigenvalue weighted by molar-refractivity contribution is 5.86. The van der Waals surface area contributed by atoms with Gasteiger partial charge in [0.2, 0.25) is 11.8 Å². The van der Waals surface area contributed by atoms with Gasteiger partial charge < -0.3 is 19.9 Å². The molecule has 0 aliphatic heterocycles. The standard InChI is InChI=1S/C18H26N4O3/c1-11(10-24-2)21-18-20-9-15-16(22-18)14(8-19-17(15)25-3)12-4-6-13(23)7-5-12/h8-9,11-13,23H,4-7,10H2,1-3H3,(H,20,21,22)/t11-,12-,13-/m0/s1. The number of hydrogen-bond donors (Lipinski definition) is 2. The van der Waals surface area contributed by atoms with E-state index in [4.69, 9.17) is 14.5 Å². The molecule has 25 heavy (non-hydrogen) atoms. The number of aliphatic hydroxyl groups is 1. The average molecular weight is 346 g/mol. The number of nitrogens with zero attached hydrogens (tertiary/aromatic N) is 3. The number of anilines is 1. The lowest BCUT2D eigenvalue weighted by atomic mass is 9.83. The average Bonchev–Trinajstić information content (AvgIpc) is 2.61. The third-order valence-corrected chi connectivity index (χ3v) is 4.74. The SMILES string of the molecule is COC[C@H](C)Nc1ncc2c(OC)ncc([C@H]3CC[C@H](O)CC3)c2n1. The zero-order chi connectivity index (χ0) is 17.8. The molecule has 0 bridgehead atoms. The van der Waals surface area contributed by atoms with Crippen LogP contribution in [0.5, 0.6) is 5.88 Å². The molecule has 1 aliphatic rings. The normalized spacial score (nSPS) is 21.9. The number of hydrogen-bond acceptors (Lipinski definition) is 7. The van der Waals surface area contributed by atoms with Gasteiger partial charge in [0, 0.05) is 31.1 Å². The molecule has 0 aromatic carbocycles. The molecular formula is C18H26N4O3. The molecule has 136 valence electrons. The summed E-state index contributed by atoms with van der Waals surface area (Å²) < 4.78 is 10.5. The highest BCUT2D eigenvalue weighted by Crippen LogP contribution is 2.37. The largest absolute Gasteiger partial charge is 0.480 e. The second-order valence-electron chi connectivity index (χ2n) is 6.68. The van der Waals surface area contributed by atoms with E-state index in [1.165, 1.54) is 0 Å². The van der Waals surface area contributed by atoms with Crippen LogP contribution >= 0.6 is 0 Å². The van der Waals surface area contributed by atoms with Gasteiger partial charge in [-0.2, -0.15) is 0 Å². The molecule has 1 aliphatic carbocycles. The summed E-state index contributed by atoms with van der Waals surface area (Å²) in [7, 11) is 3.27. The highest BCUT2D eigenvalue weighted by Gasteiger charge is 2.24. The maximum absolute atomic E-state index is 9.78. The minimum Gasteiger partial charge on any atom is -0.480 e. The van der Waals surface area contributed by atoms with Crippen LogP contribution in [0.4, 0.5) is 5.95 Å². The Labute approximate surface area is 147 Å². The van der Waals surface area contributed by atoms with Crippen LogP contribution in [0.3, 0.4) is 0 Å². The van der Waals surface area contributed by atoms with E-state index >= 15 is 0 Å². The minimum absolute atomic E-state index is 0.111. The van der Waals surface area contributed by atoms with Crippen molar-refractivity contribution in [3.05, 3.63) is 18.0 Å². The topological polar surface area (TPSA) is 89.4 Å². The third-order valence-electron chi connectivity index (χ3n) is 4.74. The Morgan fingerprint density at radius 3 is 2.64 bits per heavy atom. The summed E-state index contributed by atoms with van der Waals surface area (Å²) in [5.74, 6) is 1.46. The number of pyridine rings is 1. The van der Waals surface area contributed by atoms with Crippen LogP contribution in [-0.4, -0.2) is 53.0 Å². The molecule has 0 radical (unpaired) electrons. The van der Waals surface area contributed by atoms with Gasteiger partial charge in [-0.25, -0.2) is 15.0 Å². The first-order valence-corrected chi connectivity index (χ1v) is 8.75. The van der Waals surface area contributed by atoms with Crippen LogP contribution in [0.1, 0.15) is 44.1 Å². The Kier molecular flexibility index (Phi) is 5.65. The Morgan fingerprint density at radius 1 is 1.20 bits per heavy atom.